The van der Waals surface area contributed by atoms with E-state index in [4.69, 9.17) is 11.6 Å². The van der Waals surface area contributed by atoms with Gasteiger partial charge in [0.25, 0.3) is 5.91 Å². The summed E-state index contributed by atoms with van der Waals surface area (Å²) in [6.07, 6.45) is 7.55. The first kappa shape index (κ1) is 16.7. The number of aromatic nitrogens is 4. The quantitative estimate of drug-likeness (QED) is 0.760. The van der Waals surface area contributed by atoms with Crippen molar-refractivity contribution >= 4 is 23.2 Å². The number of hydrogen-bond acceptors (Lipinski definition) is 4. The fraction of sp³-hybridized carbons (Fsp3) is 0.263. The van der Waals surface area contributed by atoms with E-state index in [0.717, 1.165) is 43.0 Å². The van der Waals surface area contributed by atoms with Gasteiger partial charge in [-0.3, -0.25) is 9.78 Å². The zero-order valence-electron chi connectivity index (χ0n) is 14.2. The lowest BCUT2D eigenvalue weighted by molar-refractivity contribution is 0.102. The van der Waals surface area contributed by atoms with Crippen molar-refractivity contribution in [3.8, 4) is 11.4 Å². The molecule has 1 aliphatic heterocycles. The largest absolute Gasteiger partial charge is 0.322 e. The Morgan fingerprint density at radius 3 is 2.77 bits per heavy atom. The second-order valence-corrected chi connectivity index (χ2v) is 6.69. The van der Waals surface area contributed by atoms with Crippen LogP contribution in [0.15, 0.2) is 42.7 Å². The number of rotatable bonds is 3. The van der Waals surface area contributed by atoms with Crippen LogP contribution >= 0.6 is 11.6 Å². The molecule has 132 valence electrons. The lowest BCUT2D eigenvalue weighted by Crippen LogP contribution is -2.12. The van der Waals surface area contributed by atoms with Crippen molar-refractivity contribution in [3.63, 3.8) is 0 Å². The van der Waals surface area contributed by atoms with Gasteiger partial charge >= 0.3 is 0 Å². The number of carbonyl (C=O) groups is 1. The molecule has 4 rings (SSSR count). The molecule has 1 aliphatic rings. The Morgan fingerprint density at radius 1 is 1.08 bits per heavy atom. The van der Waals surface area contributed by atoms with Crippen LogP contribution in [0.25, 0.3) is 11.4 Å². The number of aryl methyl sites for hydroxylation is 1. The summed E-state index contributed by atoms with van der Waals surface area (Å²) in [6.45, 7) is 0.890. The summed E-state index contributed by atoms with van der Waals surface area (Å²) >= 11 is 6.42. The van der Waals surface area contributed by atoms with Crippen LogP contribution in [0.2, 0.25) is 5.02 Å². The molecule has 0 spiro atoms. The van der Waals surface area contributed by atoms with E-state index in [1.54, 1.807) is 36.7 Å². The van der Waals surface area contributed by atoms with Crippen molar-refractivity contribution in [1.82, 2.24) is 19.7 Å². The van der Waals surface area contributed by atoms with Gasteiger partial charge in [0.2, 0.25) is 0 Å². The van der Waals surface area contributed by atoms with Gasteiger partial charge in [0.05, 0.1) is 5.02 Å². The van der Waals surface area contributed by atoms with E-state index in [2.05, 4.69) is 25.1 Å². The lowest BCUT2D eigenvalue weighted by atomic mass is 10.1. The zero-order valence-corrected chi connectivity index (χ0v) is 14.9. The van der Waals surface area contributed by atoms with E-state index >= 15 is 0 Å². The standard InChI is InChI=1S/C19H18ClN5O/c20-16-6-5-14(22-19(26)13-7-9-21-10-8-13)12-15(16)18-24-23-17-4-2-1-3-11-25(17)18/h5-10,12H,1-4,11H2,(H,22,26). The van der Waals surface area contributed by atoms with E-state index in [1.165, 1.54) is 6.42 Å². The minimum absolute atomic E-state index is 0.194. The SMILES string of the molecule is O=C(Nc1ccc(Cl)c(-c2nnc3n2CCCCC3)c1)c1ccncc1. The number of nitrogens with zero attached hydrogens (tertiary/aromatic N) is 4. The molecular formula is C19H18ClN5O. The van der Waals surface area contributed by atoms with E-state index in [1.807, 2.05) is 6.07 Å². The molecule has 0 fully saturated rings. The van der Waals surface area contributed by atoms with Gasteiger partial charge in [-0.1, -0.05) is 18.0 Å². The summed E-state index contributed by atoms with van der Waals surface area (Å²) in [5.41, 5.74) is 1.99. The van der Waals surface area contributed by atoms with Crippen LogP contribution in [-0.4, -0.2) is 25.7 Å². The molecule has 0 aliphatic carbocycles. The Hall–Kier alpha value is -2.73. The van der Waals surface area contributed by atoms with E-state index in [-0.39, 0.29) is 5.91 Å². The zero-order chi connectivity index (χ0) is 17.9. The normalized spacial score (nSPS) is 13.7. The molecule has 0 atom stereocenters. The van der Waals surface area contributed by atoms with Gasteiger partial charge < -0.3 is 9.88 Å². The van der Waals surface area contributed by atoms with Gasteiger partial charge in [0.15, 0.2) is 5.82 Å². The van der Waals surface area contributed by atoms with Gasteiger partial charge in [-0.2, -0.15) is 0 Å². The second-order valence-electron chi connectivity index (χ2n) is 6.29. The third-order valence-electron chi connectivity index (χ3n) is 4.52. The molecule has 0 bridgehead atoms. The Labute approximate surface area is 156 Å². The highest BCUT2D eigenvalue weighted by molar-refractivity contribution is 6.33. The van der Waals surface area contributed by atoms with Crippen LogP contribution in [0.5, 0.6) is 0 Å². The molecule has 2 aromatic heterocycles. The molecule has 0 saturated carbocycles. The Morgan fingerprint density at radius 2 is 1.92 bits per heavy atom. The van der Waals surface area contributed by atoms with Crippen molar-refractivity contribution in [2.24, 2.45) is 0 Å². The average molecular weight is 368 g/mol. The number of hydrogen-bond donors (Lipinski definition) is 1. The molecule has 3 aromatic rings. The highest BCUT2D eigenvalue weighted by Crippen LogP contribution is 2.31. The van der Waals surface area contributed by atoms with E-state index in [9.17, 15) is 4.79 Å². The molecule has 1 N–H and O–H groups in total. The average Bonchev–Trinajstić information content (AvgIpc) is 2.92. The summed E-state index contributed by atoms with van der Waals surface area (Å²) in [4.78, 5) is 16.3. The smallest absolute Gasteiger partial charge is 0.255 e. The number of pyridine rings is 1. The number of carbonyl (C=O) groups excluding carboxylic acids is 1. The van der Waals surface area contributed by atoms with Crippen LogP contribution < -0.4 is 5.32 Å². The second kappa shape index (κ2) is 7.25. The van der Waals surface area contributed by atoms with Crippen LogP contribution in [0.3, 0.4) is 0 Å². The van der Waals surface area contributed by atoms with Gasteiger partial charge in [-0.05, 0) is 43.2 Å². The maximum absolute atomic E-state index is 12.4. The first-order chi connectivity index (χ1) is 12.7. The van der Waals surface area contributed by atoms with Crippen molar-refractivity contribution < 1.29 is 4.79 Å². The molecule has 0 saturated heterocycles. The third kappa shape index (κ3) is 3.32. The molecule has 7 heteroatoms. The van der Waals surface area contributed by atoms with Gasteiger partial charge in [0, 0.05) is 42.2 Å². The molecule has 1 aromatic carbocycles. The third-order valence-corrected chi connectivity index (χ3v) is 4.85. The number of anilines is 1. The summed E-state index contributed by atoms with van der Waals surface area (Å²) < 4.78 is 2.14. The summed E-state index contributed by atoms with van der Waals surface area (Å²) in [6, 6.07) is 8.75. The minimum atomic E-state index is -0.194. The summed E-state index contributed by atoms with van der Waals surface area (Å²) in [5.74, 6) is 1.56. The Kier molecular flexibility index (Phi) is 4.67. The minimum Gasteiger partial charge on any atom is -0.322 e. The number of fused-ring (bicyclic) bond motifs is 1. The number of amides is 1. The highest BCUT2D eigenvalue weighted by atomic mass is 35.5. The molecule has 26 heavy (non-hydrogen) atoms. The van der Waals surface area contributed by atoms with Crippen molar-refractivity contribution in [3.05, 3.63) is 59.1 Å². The molecule has 1 amide bonds. The molecule has 0 radical (unpaired) electrons. The predicted octanol–water partition coefficient (Wildman–Crippen LogP) is 3.97. The fourth-order valence-corrected chi connectivity index (χ4v) is 3.37. The Bertz CT molecular complexity index is 938. The maximum atomic E-state index is 12.4. The molecule has 3 heterocycles. The topological polar surface area (TPSA) is 72.7 Å². The van der Waals surface area contributed by atoms with Crippen molar-refractivity contribution in [2.45, 2.75) is 32.2 Å². The van der Waals surface area contributed by atoms with E-state index < -0.39 is 0 Å². The number of nitrogens with one attached hydrogen (secondary N) is 1. The highest BCUT2D eigenvalue weighted by Gasteiger charge is 2.18. The first-order valence-electron chi connectivity index (χ1n) is 8.66. The monoisotopic (exact) mass is 367 g/mol. The number of halogens is 1. The van der Waals surface area contributed by atoms with Crippen LogP contribution in [0.4, 0.5) is 5.69 Å². The predicted molar refractivity (Wildman–Crippen MR) is 100 cm³/mol. The van der Waals surface area contributed by atoms with Gasteiger partial charge in [0.1, 0.15) is 5.82 Å². The first-order valence-corrected chi connectivity index (χ1v) is 9.03. The van der Waals surface area contributed by atoms with Crippen molar-refractivity contribution in [1.29, 1.82) is 0 Å². The molecule has 6 nitrogen and oxygen atoms in total. The van der Waals surface area contributed by atoms with Gasteiger partial charge in [-0.15, -0.1) is 10.2 Å². The van der Waals surface area contributed by atoms with Gasteiger partial charge in [-0.25, -0.2) is 0 Å². The van der Waals surface area contributed by atoms with Crippen LogP contribution in [0, 0.1) is 0 Å². The Balaban J connectivity index is 1.65. The van der Waals surface area contributed by atoms with E-state index in [0.29, 0.717) is 16.3 Å². The maximum Gasteiger partial charge on any atom is 0.255 e. The van der Waals surface area contributed by atoms with Crippen LogP contribution in [-0.2, 0) is 13.0 Å². The lowest BCUT2D eigenvalue weighted by Gasteiger charge is -2.11. The molecular weight excluding hydrogens is 350 g/mol. The summed E-state index contributed by atoms with van der Waals surface area (Å²) in [7, 11) is 0. The summed E-state index contributed by atoms with van der Waals surface area (Å²) in [5, 5.41) is 12.2. The van der Waals surface area contributed by atoms with Crippen molar-refractivity contribution in [2.75, 3.05) is 5.32 Å². The molecule has 0 unspecified atom stereocenters. The number of benzene rings is 1. The van der Waals surface area contributed by atoms with Crippen LogP contribution in [0.1, 0.15) is 35.4 Å². The fourth-order valence-electron chi connectivity index (χ4n) is 3.17.